The van der Waals surface area contributed by atoms with Crippen molar-refractivity contribution in [3.63, 3.8) is 0 Å². The zero-order chi connectivity index (χ0) is 20.1. The van der Waals surface area contributed by atoms with Gasteiger partial charge in [0.25, 0.3) is 0 Å². The summed E-state index contributed by atoms with van der Waals surface area (Å²) in [5.74, 6) is 0.576. The van der Waals surface area contributed by atoms with E-state index in [-0.39, 0.29) is 5.97 Å². The Morgan fingerprint density at radius 1 is 1.10 bits per heavy atom. The Bertz CT molecular complexity index is 935. The second-order valence-corrected chi connectivity index (χ2v) is 7.76. The van der Waals surface area contributed by atoms with E-state index in [9.17, 15) is 4.79 Å². The van der Waals surface area contributed by atoms with Crippen LogP contribution in [0.1, 0.15) is 23.0 Å². The van der Waals surface area contributed by atoms with Crippen LogP contribution in [0.15, 0.2) is 54.0 Å². The molecule has 0 radical (unpaired) electrons. The second kappa shape index (κ2) is 9.15. The minimum atomic E-state index is -0.325. The molecule has 4 rings (SSSR count). The zero-order valence-corrected chi connectivity index (χ0v) is 17.3. The average molecular weight is 409 g/mol. The number of pyridine rings is 1. The number of thiazole rings is 1. The molecule has 150 valence electrons. The van der Waals surface area contributed by atoms with E-state index in [1.807, 2.05) is 24.3 Å². The van der Waals surface area contributed by atoms with Crippen LogP contribution in [-0.2, 0) is 11.3 Å². The van der Waals surface area contributed by atoms with Crippen LogP contribution in [0.2, 0.25) is 0 Å². The van der Waals surface area contributed by atoms with Crippen LogP contribution >= 0.6 is 11.3 Å². The summed E-state index contributed by atoms with van der Waals surface area (Å²) in [5, 5.41) is 3.23. The van der Waals surface area contributed by atoms with E-state index in [2.05, 4.69) is 32.3 Å². The average Bonchev–Trinajstić information content (AvgIpc) is 3.24. The standard InChI is InChI=1S/C22H24N4O2S/c1-2-28-22(27)18-8-9-20(23-14-18)26-12-10-25(11-13-26)15-19-16-29-21(24-19)17-6-4-3-5-7-17/h3-9,14,16H,2,10-13,15H2,1H3. The van der Waals surface area contributed by atoms with Gasteiger partial charge in [-0.05, 0) is 19.1 Å². The number of nitrogens with zero attached hydrogens (tertiary/aromatic N) is 4. The molecule has 6 nitrogen and oxygen atoms in total. The highest BCUT2D eigenvalue weighted by Crippen LogP contribution is 2.24. The van der Waals surface area contributed by atoms with Gasteiger partial charge in [0.2, 0.25) is 0 Å². The quantitative estimate of drug-likeness (QED) is 0.580. The molecule has 29 heavy (non-hydrogen) atoms. The third-order valence-electron chi connectivity index (χ3n) is 4.91. The molecular formula is C22H24N4O2S. The van der Waals surface area contributed by atoms with Crippen molar-refractivity contribution in [2.75, 3.05) is 37.7 Å². The number of carbonyl (C=O) groups excluding carboxylic acids is 1. The summed E-state index contributed by atoms with van der Waals surface area (Å²) in [6.07, 6.45) is 1.60. The Morgan fingerprint density at radius 2 is 1.90 bits per heavy atom. The minimum absolute atomic E-state index is 0.325. The van der Waals surface area contributed by atoms with Crippen LogP contribution in [-0.4, -0.2) is 53.6 Å². The molecule has 0 N–H and O–H groups in total. The van der Waals surface area contributed by atoms with Crippen molar-refractivity contribution in [3.05, 3.63) is 65.3 Å². The Kier molecular flexibility index (Phi) is 6.17. The zero-order valence-electron chi connectivity index (χ0n) is 16.5. The van der Waals surface area contributed by atoms with Crippen molar-refractivity contribution in [3.8, 4) is 10.6 Å². The van der Waals surface area contributed by atoms with Gasteiger partial charge in [0.15, 0.2) is 0 Å². The van der Waals surface area contributed by atoms with E-state index in [0.29, 0.717) is 12.2 Å². The molecule has 1 saturated heterocycles. The number of carbonyl (C=O) groups is 1. The van der Waals surface area contributed by atoms with E-state index >= 15 is 0 Å². The van der Waals surface area contributed by atoms with Crippen molar-refractivity contribution in [1.29, 1.82) is 0 Å². The van der Waals surface area contributed by atoms with Gasteiger partial charge >= 0.3 is 5.97 Å². The SMILES string of the molecule is CCOC(=O)c1ccc(N2CCN(Cc3csc(-c4ccccc4)n3)CC2)nc1. The Morgan fingerprint density at radius 3 is 2.59 bits per heavy atom. The maximum atomic E-state index is 11.8. The number of aromatic nitrogens is 2. The maximum Gasteiger partial charge on any atom is 0.339 e. The molecule has 0 atom stereocenters. The van der Waals surface area contributed by atoms with Crippen LogP contribution in [0.3, 0.4) is 0 Å². The number of rotatable bonds is 6. The minimum Gasteiger partial charge on any atom is -0.462 e. The first kappa shape index (κ1) is 19.5. The molecule has 1 fully saturated rings. The van der Waals surface area contributed by atoms with E-state index in [1.54, 1.807) is 30.5 Å². The predicted molar refractivity (Wildman–Crippen MR) is 115 cm³/mol. The number of esters is 1. The van der Waals surface area contributed by atoms with E-state index in [0.717, 1.165) is 49.2 Å². The number of benzene rings is 1. The van der Waals surface area contributed by atoms with Gasteiger partial charge in [-0.15, -0.1) is 11.3 Å². The van der Waals surface area contributed by atoms with Crippen molar-refractivity contribution in [2.45, 2.75) is 13.5 Å². The van der Waals surface area contributed by atoms with Crippen molar-refractivity contribution < 1.29 is 9.53 Å². The monoisotopic (exact) mass is 408 g/mol. The van der Waals surface area contributed by atoms with Gasteiger partial charge < -0.3 is 9.64 Å². The molecule has 1 aliphatic rings. The number of hydrogen-bond donors (Lipinski definition) is 0. The van der Waals surface area contributed by atoms with Crippen LogP contribution in [0.25, 0.3) is 10.6 Å². The lowest BCUT2D eigenvalue weighted by atomic mass is 10.2. The van der Waals surface area contributed by atoms with Gasteiger partial charge in [-0.1, -0.05) is 30.3 Å². The Balaban J connectivity index is 1.31. The molecule has 1 aliphatic heterocycles. The fourth-order valence-electron chi connectivity index (χ4n) is 3.37. The maximum absolute atomic E-state index is 11.8. The van der Waals surface area contributed by atoms with E-state index in [1.165, 1.54) is 5.56 Å². The highest BCUT2D eigenvalue weighted by molar-refractivity contribution is 7.13. The summed E-state index contributed by atoms with van der Waals surface area (Å²) in [7, 11) is 0. The second-order valence-electron chi connectivity index (χ2n) is 6.90. The fraction of sp³-hybridized carbons (Fsp3) is 0.318. The lowest BCUT2D eigenvalue weighted by molar-refractivity contribution is 0.0526. The van der Waals surface area contributed by atoms with Crippen molar-refractivity contribution in [1.82, 2.24) is 14.9 Å². The largest absolute Gasteiger partial charge is 0.462 e. The number of anilines is 1. The van der Waals surface area contributed by atoms with Gasteiger partial charge in [-0.25, -0.2) is 14.8 Å². The molecule has 0 unspecified atom stereocenters. The summed E-state index contributed by atoms with van der Waals surface area (Å²) >= 11 is 1.70. The topological polar surface area (TPSA) is 58.6 Å². The third kappa shape index (κ3) is 4.81. The van der Waals surface area contributed by atoms with Crippen LogP contribution in [0, 0.1) is 0 Å². The van der Waals surface area contributed by atoms with Crippen LogP contribution < -0.4 is 4.90 Å². The van der Waals surface area contributed by atoms with Gasteiger partial charge in [0.05, 0.1) is 17.9 Å². The molecule has 3 aromatic rings. The van der Waals surface area contributed by atoms with Gasteiger partial charge in [0.1, 0.15) is 10.8 Å². The van der Waals surface area contributed by atoms with Crippen molar-refractivity contribution >= 4 is 23.1 Å². The van der Waals surface area contributed by atoms with Gasteiger partial charge in [-0.2, -0.15) is 0 Å². The van der Waals surface area contributed by atoms with E-state index < -0.39 is 0 Å². The highest BCUT2D eigenvalue weighted by Gasteiger charge is 2.19. The lowest BCUT2D eigenvalue weighted by Gasteiger charge is -2.35. The summed E-state index contributed by atoms with van der Waals surface area (Å²) in [5.41, 5.74) is 2.79. The smallest absolute Gasteiger partial charge is 0.339 e. The molecule has 0 aliphatic carbocycles. The molecule has 0 saturated carbocycles. The van der Waals surface area contributed by atoms with E-state index in [4.69, 9.17) is 9.72 Å². The number of hydrogen-bond acceptors (Lipinski definition) is 7. The Hall–Kier alpha value is -2.77. The molecule has 2 aromatic heterocycles. The molecule has 7 heteroatoms. The molecular weight excluding hydrogens is 384 g/mol. The van der Waals surface area contributed by atoms with Gasteiger partial charge in [0, 0.05) is 49.9 Å². The van der Waals surface area contributed by atoms with Crippen molar-refractivity contribution in [2.24, 2.45) is 0 Å². The normalized spacial score (nSPS) is 14.7. The lowest BCUT2D eigenvalue weighted by Crippen LogP contribution is -2.46. The third-order valence-corrected chi connectivity index (χ3v) is 5.85. The fourth-order valence-corrected chi connectivity index (χ4v) is 4.18. The Labute approximate surface area is 174 Å². The summed E-state index contributed by atoms with van der Waals surface area (Å²) < 4.78 is 5.01. The van der Waals surface area contributed by atoms with Gasteiger partial charge in [-0.3, -0.25) is 4.90 Å². The van der Waals surface area contributed by atoms with Crippen LogP contribution in [0.5, 0.6) is 0 Å². The number of ether oxygens (including phenoxy) is 1. The molecule has 1 aromatic carbocycles. The summed E-state index contributed by atoms with van der Waals surface area (Å²) in [4.78, 5) is 25.7. The first-order chi connectivity index (χ1) is 14.2. The summed E-state index contributed by atoms with van der Waals surface area (Å²) in [6.45, 7) is 6.76. The van der Waals surface area contributed by atoms with Crippen LogP contribution in [0.4, 0.5) is 5.82 Å². The molecule has 0 spiro atoms. The molecule has 0 bridgehead atoms. The highest BCUT2D eigenvalue weighted by atomic mass is 32.1. The first-order valence-electron chi connectivity index (χ1n) is 9.83. The predicted octanol–water partition coefficient (Wildman–Crippen LogP) is 3.70. The molecule has 3 heterocycles. The molecule has 0 amide bonds. The summed E-state index contributed by atoms with van der Waals surface area (Å²) in [6, 6.07) is 14.0. The number of piperazine rings is 1. The first-order valence-corrected chi connectivity index (χ1v) is 10.7.